The van der Waals surface area contributed by atoms with Gasteiger partial charge in [-0.2, -0.15) is 0 Å². The Morgan fingerprint density at radius 3 is 2.28 bits per heavy atom. The van der Waals surface area contributed by atoms with E-state index in [-0.39, 0.29) is 16.9 Å². The average Bonchev–Trinajstić information content (AvgIpc) is 2.48. The van der Waals surface area contributed by atoms with Gasteiger partial charge in [0.05, 0.1) is 20.1 Å². The lowest BCUT2D eigenvalue weighted by Gasteiger charge is -2.36. The van der Waals surface area contributed by atoms with Crippen LogP contribution >= 0.6 is 0 Å². The first kappa shape index (κ1) is 19.6. The number of esters is 1. The zero-order valence-electron chi connectivity index (χ0n) is 16.4. The van der Waals surface area contributed by atoms with Crippen LogP contribution in [0.2, 0.25) is 18.1 Å². The van der Waals surface area contributed by atoms with Crippen molar-refractivity contribution in [2.24, 2.45) is 5.92 Å². The average molecular weight is 363 g/mol. The van der Waals surface area contributed by atoms with Crippen LogP contribution in [-0.2, 0) is 14.3 Å². The van der Waals surface area contributed by atoms with Crippen LogP contribution in [0.25, 0.3) is 5.76 Å². The summed E-state index contributed by atoms with van der Waals surface area (Å²) in [6.45, 7) is 11.2. The summed E-state index contributed by atoms with van der Waals surface area (Å²) in [5.74, 6) is 1.54. The molecular formula is C20H30O4Si. The Bertz CT molecular complexity index is 663. The first-order valence-electron chi connectivity index (χ1n) is 8.72. The van der Waals surface area contributed by atoms with Crippen molar-refractivity contribution in [1.29, 1.82) is 0 Å². The molecule has 0 radical (unpaired) electrons. The van der Waals surface area contributed by atoms with Crippen molar-refractivity contribution < 1.29 is 18.7 Å². The van der Waals surface area contributed by atoms with Crippen molar-refractivity contribution >= 4 is 20.0 Å². The topological polar surface area (TPSA) is 44.8 Å². The van der Waals surface area contributed by atoms with Gasteiger partial charge in [0.1, 0.15) is 11.5 Å². The van der Waals surface area contributed by atoms with Crippen molar-refractivity contribution in [3.05, 3.63) is 35.4 Å². The van der Waals surface area contributed by atoms with Crippen LogP contribution in [0.15, 0.2) is 29.8 Å². The summed E-state index contributed by atoms with van der Waals surface area (Å²) < 4.78 is 16.8. The smallest absolute Gasteiger partial charge is 0.309 e. The molecule has 1 aliphatic rings. The van der Waals surface area contributed by atoms with Crippen molar-refractivity contribution in [3.8, 4) is 5.75 Å². The minimum atomic E-state index is -1.88. The largest absolute Gasteiger partial charge is 0.543 e. The quantitative estimate of drug-likeness (QED) is 0.419. The second kappa shape index (κ2) is 7.24. The molecule has 0 spiro atoms. The zero-order valence-corrected chi connectivity index (χ0v) is 17.4. The molecule has 0 aromatic heterocycles. The number of carbonyl (C=O) groups excluding carboxylic acids is 1. The van der Waals surface area contributed by atoms with Crippen LogP contribution in [-0.4, -0.2) is 28.5 Å². The Morgan fingerprint density at radius 1 is 1.12 bits per heavy atom. The lowest BCUT2D eigenvalue weighted by Crippen LogP contribution is -2.43. The number of hydrogen-bond donors (Lipinski definition) is 0. The molecular weight excluding hydrogens is 332 g/mol. The number of benzene rings is 1. The SMILES string of the molecule is COC(=O)C1CC(=C(OC)c2cccc(O[Si](C)(C)C(C)(C)C)c2)C1. The van der Waals surface area contributed by atoms with E-state index in [1.165, 1.54) is 7.11 Å². The third-order valence-electron chi connectivity index (χ3n) is 5.32. The molecule has 5 heteroatoms. The molecule has 2 rings (SSSR count). The molecule has 0 saturated heterocycles. The van der Waals surface area contributed by atoms with Gasteiger partial charge in [0, 0.05) is 5.56 Å². The van der Waals surface area contributed by atoms with Gasteiger partial charge in [-0.3, -0.25) is 4.79 Å². The molecule has 1 aliphatic carbocycles. The van der Waals surface area contributed by atoms with E-state index >= 15 is 0 Å². The maximum Gasteiger partial charge on any atom is 0.309 e. The fraction of sp³-hybridized carbons (Fsp3) is 0.550. The van der Waals surface area contributed by atoms with Crippen LogP contribution in [0.5, 0.6) is 5.75 Å². The van der Waals surface area contributed by atoms with E-state index in [2.05, 4.69) is 33.9 Å². The van der Waals surface area contributed by atoms with E-state index in [1.807, 2.05) is 24.3 Å². The summed E-state index contributed by atoms with van der Waals surface area (Å²) in [5.41, 5.74) is 2.15. The molecule has 1 aromatic carbocycles. The van der Waals surface area contributed by atoms with Gasteiger partial charge in [-0.05, 0) is 48.7 Å². The minimum Gasteiger partial charge on any atom is -0.543 e. The van der Waals surface area contributed by atoms with Gasteiger partial charge in [-0.15, -0.1) is 0 Å². The summed E-state index contributed by atoms with van der Waals surface area (Å²) in [5, 5.41) is 0.146. The summed E-state index contributed by atoms with van der Waals surface area (Å²) >= 11 is 0. The highest BCUT2D eigenvalue weighted by Gasteiger charge is 2.39. The van der Waals surface area contributed by atoms with Gasteiger partial charge in [0.2, 0.25) is 8.32 Å². The Kier molecular flexibility index (Phi) is 5.67. The Balaban J connectivity index is 2.22. The number of ether oxygens (including phenoxy) is 2. The fourth-order valence-electron chi connectivity index (χ4n) is 2.67. The number of methoxy groups -OCH3 is 2. The van der Waals surface area contributed by atoms with E-state index in [1.54, 1.807) is 7.11 Å². The molecule has 0 unspecified atom stereocenters. The van der Waals surface area contributed by atoms with Gasteiger partial charge in [-0.25, -0.2) is 0 Å². The normalized spacial score (nSPS) is 17.6. The second-order valence-electron chi connectivity index (χ2n) is 8.16. The lowest BCUT2D eigenvalue weighted by molar-refractivity contribution is -0.146. The molecule has 0 aliphatic heterocycles. The van der Waals surface area contributed by atoms with E-state index in [4.69, 9.17) is 13.9 Å². The Hall–Kier alpha value is -1.75. The minimum absolute atomic E-state index is 0.0446. The van der Waals surface area contributed by atoms with Crippen molar-refractivity contribution in [1.82, 2.24) is 0 Å². The third kappa shape index (κ3) is 4.26. The molecule has 1 aromatic rings. The number of rotatable bonds is 5. The lowest BCUT2D eigenvalue weighted by atomic mass is 9.78. The molecule has 0 heterocycles. The molecule has 4 nitrogen and oxygen atoms in total. The molecule has 0 atom stereocenters. The summed E-state index contributed by atoms with van der Waals surface area (Å²) in [6.07, 6.45) is 1.40. The van der Waals surface area contributed by atoms with Gasteiger partial charge in [0.15, 0.2) is 0 Å². The highest BCUT2D eigenvalue weighted by atomic mass is 28.4. The molecule has 25 heavy (non-hydrogen) atoms. The van der Waals surface area contributed by atoms with Crippen molar-refractivity contribution in [2.75, 3.05) is 14.2 Å². The summed E-state index contributed by atoms with van der Waals surface area (Å²) in [4.78, 5) is 11.6. The Morgan fingerprint density at radius 2 is 1.76 bits per heavy atom. The monoisotopic (exact) mass is 362 g/mol. The first-order chi connectivity index (χ1) is 11.6. The molecule has 0 amide bonds. The standard InChI is InChI=1S/C20H30O4Si/c1-20(2,3)25(6,7)24-17-10-8-9-14(13-17)18(22-4)15-11-16(12-15)19(21)23-5/h8-10,13,16H,11-12H2,1-7H3. The van der Waals surface area contributed by atoms with Crippen molar-refractivity contribution in [2.45, 2.75) is 51.7 Å². The van der Waals surface area contributed by atoms with E-state index < -0.39 is 8.32 Å². The predicted molar refractivity (Wildman–Crippen MR) is 103 cm³/mol. The van der Waals surface area contributed by atoms with Crippen LogP contribution in [0, 0.1) is 5.92 Å². The molecule has 1 saturated carbocycles. The first-order valence-corrected chi connectivity index (χ1v) is 11.6. The van der Waals surface area contributed by atoms with Crippen LogP contribution in [0.1, 0.15) is 39.2 Å². The van der Waals surface area contributed by atoms with Crippen LogP contribution in [0.3, 0.4) is 0 Å². The summed E-state index contributed by atoms with van der Waals surface area (Å²) in [7, 11) is 1.23. The van der Waals surface area contributed by atoms with E-state index in [0.29, 0.717) is 12.8 Å². The van der Waals surface area contributed by atoms with Crippen molar-refractivity contribution in [3.63, 3.8) is 0 Å². The highest BCUT2D eigenvalue weighted by Crippen LogP contribution is 2.41. The maximum absolute atomic E-state index is 11.6. The van der Waals surface area contributed by atoms with E-state index in [9.17, 15) is 4.79 Å². The Labute approximate surface area is 152 Å². The van der Waals surface area contributed by atoms with Gasteiger partial charge in [-0.1, -0.05) is 32.9 Å². The molecule has 138 valence electrons. The van der Waals surface area contributed by atoms with Gasteiger partial charge in [0.25, 0.3) is 0 Å². The summed E-state index contributed by atoms with van der Waals surface area (Å²) in [6, 6.07) is 8.06. The van der Waals surface area contributed by atoms with Gasteiger partial charge >= 0.3 is 5.97 Å². The van der Waals surface area contributed by atoms with E-state index in [0.717, 1.165) is 22.6 Å². The maximum atomic E-state index is 11.6. The number of carbonyl (C=O) groups is 1. The van der Waals surface area contributed by atoms with Gasteiger partial charge < -0.3 is 13.9 Å². The van der Waals surface area contributed by atoms with Crippen LogP contribution in [0.4, 0.5) is 0 Å². The molecule has 1 fully saturated rings. The second-order valence-corrected chi connectivity index (χ2v) is 12.9. The third-order valence-corrected chi connectivity index (χ3v) is 9.68. The van der Waals surface area contributed by atoms with Crippen LogP contribution < -0.4 is 4.43 Å². The zero-order chi connectivity index (χ0) is 18.8. The number of allylic oxidation sites excluding steroid dienone is 1. The molecule has 0 N–H and O–H groups in total. The number of hydrogen-bond acceptors (Lipinski definition) is 4. The fourth-order valence-corrected chi connectivity index (χ4v) is 3.69. The highest BCUT2D eigenvalue weighted by molar-refractivity contribution is 6.74. The predicted octanol–water partition coefficient (Wildman–Crippen LogP) is 5.01. The molecule has 0 bridgehead atoms.